The molecule has 0 aliphatic rings. The summed E-state index contributed by atoms with van der Waals surface area (Å²) in [6.45, 7) is 2.07. The van der Waals surface area contributed by atoms with Gasteiger partial charge < -0.3 is 5.32 Å². The Balaban J connectivity index is 1.99. The summed E-state index contributed by atoms with van der Waals surface area (Å²) in [6.07, 6.45) is -2.84. The van der Waals surface area contributed by atoms with E-state index in [2.05, 4.69) is 10.3 Å². The fourth-order valence-corrected chi connectivity index (χ4v) is 1.90. The van der Waals surface area contributed by atoms with Crippen LogP contribution in [0, 0.1) is 5.82 Å². The van der Waals surface area contributed by atoms with E-state index in [1.165, 1.54) is 30.5 Å². The van der Waals surface area contributed by atoms with Gasteiger partial charge in [0, 0.05) is 18.8 Å². The van der Waals surface area contributed by atoms with Crippen LogP contribution in [0.15, 0.2) is 42.6 Å². The lowest BCUT2D eigenvalue weighted by Gasteiger charge is -2.14. The minimum atomic E-state index is -4.34. The van der Waals surface area contributed by atoms with Gasteiger partial charge in [-0.2, -0.15) is 13.2 Å². The Morgan fingerprint density at radius 1 is 1.14 bits per heavy atom. The molecule has 21 heavy (non-hydrogen) atoms. The Morgan fingerprint density at radius 2 is 1.81 bits per heavy atom. The Morgan fingerprint density at radius 3 is 2.38 bits per heavy atom. The molecule has 0 amide bonds. The fourth-order valence-electron chi connectivity index (χ4n) is 1.90. The molecule has 1 unspecified atom stereocenters. The highest BCUT2D eigenvalue weighted by Crippen LogP contribution is 2.29. The van der Waals surface area contributed by atoms with Gasteiger partial charge in [-0.3, -0.25) is 4.98 Å². The first-order chi connectivity index (χ1) is 9.88. The van der Waals surface area contributed by atoms with Crippen molar-refractivity contribution in [2.45, 2.75) is 25.7 Å². The van der Waals surface area contributed by atoms with Crippen LogP contribution < -0.4 is 5.32 Å². The highest BCUT2D eigenvalue weighted by Gasteiger charge is 2.29. The van der Waals surface area contributed by atoms with Crippen LogP contribution in [0.25, 0.3) is 0 Å². The number of hydrogen-bond donors (Lipinski definition) is 1. The van der Waals surface area contributed by atoms with Crippen molar-refractivity contribution < 1.29 is 17.6 Å². The zero-order valence-electron chi connectivity index (χ0n) is 11.3. The van der Waals surface area contributed by atoms with Gasteiger partial charge in [0.2, 0.25) is 0 Å². The van der Waals surface area contributed by atoms with E-state index in [4.69, 9.17) is 0 Å². The number of hydrogen-bond acceptors (Lipinski definition) is 2. The highest BCUT2D eigenvalue weighted by atomic mass is 19.4. The molecule has 0 radical (unpaired) electrons. The van der Waals surface area contributed by atoms with Crippen LogP contribution in [0.1, 0.15) is 29.8 Å². The normalized spacial score (nSPS) is 13.2. The third-order valence-corrected chi connectivity index (χ3v) is 3.09. The Kier molecular flexibility index (Phi) is 4.57. The van der Waals surface area contributed by atoms with Crippen LogP contribution in [0.3, 0.4) is 0 Å². The van der Waals surface area contributed by atoms with Crippen LogP contribution in [-0.2, 0) is 12.7 Å². The van der Waals surface area contributed by atoms with Crippen LogP contribution in [0.4, 0.5) is 17.6 Å². The van der Waals surface area contributed by atoms with E-state index < -0.39 is 17.6 Å². The molecule has 1 aromatic heterocycles. The molecule has 0 aliphatic carbocycles. The topological polar surface area (TPSA) is 24.9 Å². The smallest absolute Gasteiger partial charge is 0.305 e. The van der Waals surface area contributed by atoms with Crippen LogP contribution in [0.2, 0.25) is 0 Å². The minimum absolute atomic E-state index is 0.282. The maximum Gasteiger partial charge on any atom is 0.416 e. The van der Waals surface area contributed by atoms with E-state index in [-0.39, 0.29) is 11.7 Å². The van der Waals surface area contributed by atoms with Gasteiger partial charge in [-0.25, -0.2) is 4.39 Å². The summed E-state index contributed by atoms with van der Waals surface area (Å²) in [4.78, 5) is 3.95. The number of nitrogens with zero attached hydrogens (tertiary/aromatic N) is 1. The lowest BCUT2D eigenvalue weighted by atomic mass is 10.1. The summed E-state index contributed by atoms with van der Waals surface area (Å²) in [7, 11) is 0. The molecule has 0 aliphatic heterocycles. The maximum absolute atomic E-state index is 13.5. The number of nitrogens with one attached hydrogen (secondary N) is 1. The van der Waals surface area contributed by atoms with Crippen molar-refractivity contribution in [1.82, 2.24) is 10.3 Å². The Bertz CT molecular complexity index is 593. The average molecular weight is 298 g/mol. The third-order valence-electron chi connectivity index (χ3n) is 3.09. The van der Waals surface area contributed by atoms with Gasteiger partial charge in [0.25, 0.3) is 0 Å². The quantitative estimate of drug-likeness (QED) is 0.860. The molecule has 2 nitrogen and oxygen atoms in total. The second kappa shape index (κ2) is 6.22. The monoisotopic (exact) mass is 298 g/mol. The molecule has 0 spiro atoms. The van der Waals surface area contributed by atoms with Gasteiger partial charge >= 0.3 is 6.18 Å². The van der Waals surface area contributed by atoms with E-state index in [0.29, 0.717) is 12.1 Å². The molecule has 1 atom stereocenters. The first-order valence-electron chi connectivity index (χ1n) is 6.38. The molecule has 6 heteroatoms. The van der Waals surface area contributed by atoms with E-state index in [9.17, 15) is 17.6 Å². The summed E-state index contributed by atoms with van der Waals surface area (Å²) in [5.74, 6) is -0.412. The standard InChI is InChI=1S/C15H14F4N2/c1-10(14-13(16)3-2-8-20-14)21-9-11-4-6-12(7-5-11)15(17,18)19/h2-8,10,21H,9H2,1H3. The summed E-state index contributed by atoms with van der Waals surface area (Å²) < 4.78 is 50.8. The number of pyridine rings is 1. The van der Waals surface area contributed by atoms with E-state index in [1.807, 2.05) is 0 Å². The first-order valence-corrected chi connectivity index (χ1v) is 6.38. The fraction of sp³-hybridized carbons (Fsp3) is 0.267. The first kappa shape index (κ1) is 15.4. The molecular weight excluding hydrogens is 284 g/mol. The molecule has 2 aromatic rings. The summed E-state index contributed by atoms with van der Waals surface area (Å²) >= 11 is 0. The van der Waals surface area contributed by atoms with Gasteiger partial charge in [-0.05, 0) is 36.8 Å². The SMILES string of the molecule is CC(NCc1ccc(C(F)(F)F)cc1)c1ncccc1F. The summed E-state index contributed by atoms with van der Waals surface area (Å²) in [5, 5.41) is 3.03. The van der Waals surface area contributed by atoms with Crippen LogP contribution in [0.5, 0.6) is 0 Å². The molecule has 1 N–H and O–H groups in total. The summed E-state index contributed by atoms with van der Waals surface area (Å²) in [6, 6.07) is 7.34. The van der Waals surface area contributed by atoms with Crippen molar-refractivity contribution in [2.75, 3.05) is 0 Å². The predicted molar refractivity (Wildman–Crippen MR) is 70.9 cm³/mol. The van der Waals surface area contributed by atoms with E-state index >= 15 is 0 Å². The Hall–Kier alpha value is -1.95. The van der Waals surface area contributed by atoms with Crippen molar-refractivity contribution in [2.24, 2.45) is 0 Å². The molecule has 0 fully saturated rings. The van der Waals surface area contributed by atoms with Crippen LogP contribution in [-0.4, -0.2) is 4.98 Å². The van der Waals surface area contributed by atoms with Crippen molar-refractivity contribution in [3.8, 4) is 0 Å². The zero-order valence-corrected chi connectivity index (χ0v) is 11.3. The van der Waals surface area contributed by atoms with Crippen molar-refractivity contribution in [1.29, 1.82) is 0 Å². The van der Waals surface area contributed by atoms with Gasteiger partial charge in [0.05, 0.1) is 11.3 Å². The van der Waals surface area contributed by atoms with Gasteiger partial charge in [-0.1, -0.05) is 12.1 Å². The number of aromatic nitrogens is 1. The second-order valence-corrected chi connectivity index (χ2v) is 4.67. The molecule has 1 aromatic carbocycles. The number of halogens is 4. The van der Waals surface area contributed by atoms with Crippen LogP contribution >= 0.6 is 0 Å². The molecule has 0 saturated carbocycles. The van der Waals surface area contributed by atoms with Crippen molar-refractivity contribution >= 4 is 0 Å². The molecular formula is C15H14F4N2. The largest absolute Gasteiger partial charge is 0.416 e. The molecule has 0 bridgehead atoms. The van der Waals surface area contributed by atoms with E-state index in [1.54, 1.807) is 6.92 Å². The summed E-state index contributed by atoms with van der Waals surface area (Å²) in [5.41, 5.74) is 0.283. The maximum atomic E-state index is 13.5. The molecule has 2 rings (SSSR count). The van der Waals surface area contributed by atoms with Crippen molar-refractivity contribution in [3.05, 3.63) is 65.2 Å². The average Bonchev–Trinajstić information content (AvgIpc) is 2.45. The highest BCUT2D eigenvalue weighted by molar-refractivity contribution is 5.24. The molecule has 0 saturated heterocycles. The second-order valence-electron chi connectivity index (χ2n) is 4.67. The van der Waals surface area contributed by atoms with E-state index in [0.717, 1.165) is 12.1 Å². The number of rotatable bonds is 4. The third kappa shape index (κ3) is 4.01. The van der Waals surface area contributed by atoms with Gasteiger partial charge in [0.15, 0.2) is 0 Å². The molecule has 112 valence electrons. The van der Waals surface area contributed by atoms with Gasteiger partial charge in [-0.15, -0.1) is 0 Å². The van der Waals surface area contributed by atoms with Gasteiger partial charge in [0.1, 0.15) is 5.82 Å². The minimum Gasteiger partial charge on any atom is -0.305 e. The van der Waals surface area contributed by atoms with Crippen molar-refractivity contribution in [3.63, 3.8) is 0 Å². The number of alkyl halides is 3. The zero-order chi connectivity index (χ0) is 15.5. The lowest BCUT2D eigenvalue weighted by Crippen LogP contribution is -2.20. The lowest BCUT2D eigenvalue weighted by molar-refractivity contribution is -0.137. The number of benzene rings is 1. The molecule has 1 heterocycles. The predicted octanol–water partition coefficient (Wildman–Crippen LogP) is 4.09. The Labute approximate surface area is 119 Å².